The first-order valence-electron chi connectivity index (χ1n) is 26.2. The Balaban J connectivity index is 4.50. The van der Waals surface area contributed by atoms with E-state index in [1.165, 1.54) is 83.5 Å². The maximum absolute atomic E-state index is 12.8. The average molecular weight is 889 g/mol. The quantitative estimate of drug-likeness (QED) is 0.0262. The lowest BCUT2D eigenvalue weighted by Crippen LogP contribution is -2.30. The number of allylic oxidation sites excluding steroid dienone is 16. The van der Waals surface area contributed by atoms with Crippen molar-refractivity contribution in [2.75, 3.05) is 13.2 Å². The summed E-state index contributed by atoms with van der Waals surface area (Å²) >= 11 is 0. The molecule has 0 unspecified atom stereocenters. The molecule has 0 N–H and O–H groups in total. The van der Waals surface area contributed by atoms with Gasteiger partial charge in [-0.05, 0) is 96.3 Å². The minimum absolute atomic E-state index is 0.107. The molecule has 0 amide bonds. The number of hydrogen-bond donors (Lipinski definition) is 0. The Morgan fingerprint density at radius 3 is 1.05 bits per heavy atom. The third-order valence-electron chi connectivity index (χ3n) is 10.8. The summed E-state index contributed by atoms with van der Waals surface area (Å²) in [5.74, 6) is -0.987. The van der Waals surface area contributed by atoms with Crippen molar-refractivity contribution in [1.82, 2.24) is 0 Å². The molecule has 0 aromatic carbocycles. The molecule has 1 atom stereocenters. The van der Waals surface area contributed by atoms with Crippen molar-refractivity contribution in [3.05, 3.63) is 97.2 Å². The van der Waals surface area contributed by atoms with Gasteiger partial charge in [-0.2, -0.15) is 0 Å². The van der Waals surface area contributed by atoms with E-state index in [4.69, 9.17) is 14.2 Å². The van der Waals surface area contributed by atoms with Gasteiger partial charge in [0.25, 0.3) is 0 Å². The first kappa shape index (κ1) is 60.3. The maximum Gasteiger partial charge on any atom is 0.306 e. The first-order valence-corrected chi connectivity index (χ1v) is 26.2. The molecule has 0 saturated carbocycles. The highest BCUT2D eigenvalue weighted by molar-refractivity contribution is 5.71. The summed E-state index contributed by atoms with van der Waals surface area (Å²) in [4.78, 5) is 38.0. The lowest BCUT2D eigenvalue weighted by atomic mass is 10.0. The van der Waals surface area contributed by atoms with E-state index >= 15 is 0 Å². The molecule has 0 aromatic heterocycles. The third-order valence-corrected chi connectivity index (χ3v) is 10.8. The Morgan fingerprint density at radius 1 is 0.328 bits per heavy atom. The van der Waals surface area contributed by atoms with Crippen molar-refractivity contribution in [1.29, 1.82) is 0 Å². The Labute approximate surface area is 394 Å². The molecule has 0 aliphatic heterocycles. The number of hydrogen-bond acceptors (Lipinski definition) is 6. The number of carbonyl (C=O) groups excluding carboxylic acids is 3. The van der Waals surface area contributed by atoms with Crippen LogP contribution in [0.15, 0.2) is 97.2 Å². The van der Waals surface area contributed by atoms with Crippen molar-refractivity contribution in [3.63, 3.8) is 0 Å². The second kappa shape index (κ2) is 52.0. The highest BCUT2D eigenvalue weighted by Gasteiger charge is 2.19. The fourth-order valence-electron chi connectivity index (χ4n) is 6.90. The van der Waals surface area contributed by atoms with Gasteiger partial charge in [-0.25, -0.2) is 0 Å². The number of unbranched alkanes of at least 4 members (excludes halogenated alkanes) is 19. The molecule has 6 nitrogen and oxygen atoms in total. The number of esters is 3. The van der Waals surface area contributed by atoms with E-state index in [1.54, 1.807) is 0 Å². The summed E-state index contributed by atoms with van der Waals surface area (Å²) in [6.07, 6.45) is 68.2. The molecule has 364 valence electrons. The van der Waals surface area contributed by atoms with Crippen molar-refractivity contribution >= 4 is 17.9 Å². The molecule has 0 bridgehead atoms. The van der Waals surface area contributed by atoms with Crippen LogP contribution in [0.1, 0.15) is 233 Å². The summed E-state index contributed by atoms with van der Waals surface area (Å²) in [6.45, 7) is 6.42. The van der Waals surface area contributed by atoms with Gasteiger partial charge in [-0.3, -0.25) is 14.4 Å². The van der Waals surface area contributed by atoms with Crippen LogP contribution >= 0.6 is 0 Å². The van der Waals surface area contributed by atoms with E-state index in [1.807, 2.05) is 0 Å². The highest BCUT2D eigenvalue weighted by Crippen LogP contribution is 2.14. The van der Waals surface area contributed by atoms with Crippen LogP contribution in [0, 0.1) is 0 Å². The smallest absolute Gasteiger partial charge is 0.306 e. The molecule has 0 spiro atoms. The van der Waals surface area contributed by atoms with Gasteiger partial charge < -0.3 is 14.2 Å². The average Bonchev–Trinajstić information content (AvgIpc) is 3.29. The normalized spacial score (nSPS) is 12.9. The van der Waals surface area contributed by atoms with E-state index in [0.717, 1.165) is 103 Å². The monoisotopic (exact) mass is 889 g/mol. The number of carbonyl (C=O) groups is 3. The second-order valence-electron chi connectivity index (χ2n) is 17.1. The lowest BCUT2D eigenvalue weighted by molar-refractivity contribution is -0.167. The van der Waals surface area contributed by atoms with Crippen molar-refractivity contribution in [2.24, 2.45) is 0 Å². The topological polar surface area (TPSA) is 78.9 Å². The molecule has 0 aromatic rings. The molecule has 0 heterocycles. The summed E-state index contributed by atoms with van der Waals surface area (Å²) in [5.41, 5.74) is 0. The molecular formula is C58H96O6. The van der Waals surface area contributed by atoms with Crippen LogP contribution in [0.2, 0.25) is 0 Å². The molecule has 0 aliphatic carbocycles. The van der Waals surface area contributed by atoms with Gasteiger partial charge in [0.05, 0.1) is 0 Å². The summed E-state index contributed by atoms with van der Waals surface area (Å²) in [5, 5.41) is 0. The zero-order valence-corrected chi connectivity index (χ0v) is 41.5. The van der Waals surface area contributed by atoms with Gasteiger partial charge in [-0.1, -0.05) is 214 Å². The molecule has 0 radical (unpaired) electrons. The molecule has 6 heteroatoms. The van der Waals surface area contributed by atoms with Gasteiger partial charge in [0, 0.05) is 19.3 Å². The Morgan fingerprint density at radius 2 is 0.625 bits per heavy atom. The Kier molecular flexibility index (Phi) is 49.0. The second-order valence-corrected chi connectivity index (χ2v) is 17.1. The first-order chi connectivity index (χ1) is 31.5. The standard InChI is InChI=1S/C58H96O6/c1-4-7-10-13-16-19-22-25-27-29-31-33-36-38-41-44-47-50-56(59)62-53-55(64-58(61)52-49-46-43-40-35-24-21-18-15-12-9-6-3)54-63-57(60)51-48-45-42-39-37-34-32-30-28-26-23-20-17-14-11-8-5-2/h7,10,16-17,19-20,25-28,31-34,39,42,55H,4-6,8-9,11-15,18,21-24,29-30,35-38,40-41,43-54H2,1-3H3/b10-7-,19-16-,20-17-,27-25-,28-26-,33-31-,34-32-,42-39-/t55-/m1/s1. The molecule has 64 heavy (non-hydrogen) atoms. The van der Waals surface area contributed by atoms with Crippen LogP contribution in [-0.2, 0) is 28.6 Å². The summed E-state index contributed by atoms with van der Waals surface area (Å²) in [6, 6.07) is 0. The van der Waals surface area contributed by atoms with E-state index in [9.17, 15) is 14.4 Å². The van der Waals surface area contributed by atoms with Crippen molar-refractivity contribution in [2.45, 2.75) is 239 Å². The predicted octanol–water partition coefficient (Wildman–Crippen LogP) is 17.4. The third kappa shape index (κ3) is 49.3. The molecule has 0 aliphatic rings. The Bertz CT molecular complexity index is 1300. The lowest BCUT2D eigenvalue weighted by Gasteiger charge is -2.18. The fourth-order valence-corrected chi connectivity index (χ4v) is 6.90. The fraction of sp³-hybridized carbons (Fsp3) is 0.672. The van der Waals surface area contributed by atoms with Gasteiger partial charge in [0.2, 0.25) is 0 Å². The van der Waals surface area contributed by atoms with Crippen molar-refractivity contribution < 1.29 is 28.6 Å². The van der Waals surface area contributed by atoms with Crippen LogP contribution in [-0.4, -0.2) is 37.2 Å². The SMILES string of the molecule is CC/C=C\C/C=C\C/C=C\C/C=C\CCCCCCC(=O)OC[C@H](COC(=O)CCC/C=C\C/C=C\C/C=C\C/C=C\CCCCC)OC(=O)CCCCCCCCCCCCCC. The van der Waals surface area contributed by atoms with E-state index in [-0.39, 0.29) is 37.5 Å². The van der Waals surface area contributed by atoms with Gasteiger partial charge in [0.1, 0.15) is 13.2 Å². The van der Waals surface area contributed by atoms with E-state index in [0.29, 0.717) is 19.3 Å². The minimum atomic E-state index is -0.808. The molecular weight excluding hydrogens is 793 g/mol. The van der Waals surface area contributed by atoms with Crippen LogP contribution in [0.4, 0.5) is 0 Å². The van der Waals surface area contributed by atoms with Crippen molar-refractivity contribution in [3.8, 4) is 0 Å². The predicted molar refractivity (Wildman–Crippen MR) is 274 cm³/mol. The van der Waals surface area contributed by atoms with Crippen LogP contribution in [0.25, 0.3) is 0 Å². The highest BCUT2D eigenvalue weighted by atomic mass is 16.6. The zero-order chi connectivity index (χ0) is 46.5. The van der Waals surface area contributed by atoms with Gasteiger partial charge >= 0.3 is 17.9 Å². The number of rotatable bonds is 46. The number of ether oxygens (including phenoxy) is 3. The van der Waals surface area contributed by atoms with Gasteiger partial charge in [-0.15, -0.1) is 0 Å². The summed E-state index contributed by atoms with van der Waals surface area (Å²) < 4.78 is 16.7. The van der Waals surface area contributed by atoms with Crippen LogP contribution in [0.5, 0.6) is 0 Å². The Hall–Kier alpha value is -3.67. The van der Waals surface area contributed by atoms with Crippen LogP contribution in [0.3, 0.4) is 0 Å². The molecule has 0 fully saturated rings. The molecule has 0 saturated heterocycles. The summed E-state index contributed by atoms with van der Waals surface area (Å²) in [7, 11) is 0. The van der Waals surface area contributed by atoms with E-state index in [2.05, 4.69) is 118 Å². The van der Waals surface area contributed by atoms with Gasteiger partial charge in [0.15, 0.2) is 6.10 Å². The minimum Gasteiger partial charge on any atom is -0.462 e. The molecule has 0 rings (SSSR count). The maximum atomic E-state index is 12.8. The zero-order valence-electron chi connectivity index (χ0n) is 41.5. The van der Waals surface area contributed by atoms with E-state index < -0.39 is 6.10 Å². The largest absolute Gasteiger partial charge is 0.462 e. The van der Waals surface area contributed by atoms with Crippen LogP contribution < -0.4 is 0 Å².